The van der Waals surface area contributed by atoms with Gasteiger partial charge in [-0.2, -0.15) is 0 Å². The van der Waals surface area contributed by atoms with Crippen molar-refractivity contribution in [3.8, 4) is 0 Å². The van der Waals surface area contributed by atoms with Gasteiger partial charge in [-0.1, -0.05) is 55.2 Å². The lowest BCUT2D eigenvalue weighted by atomic mass is 9.99. The molecule has 0 fully saturated rings. The fourth-order valence-corrected chi connectivity index (χ4v) is 3.51. The molecule has 0 saturated heterocycles. The Balaban J connectivity index is 2.03. The number of carbonyl (C=O) groups excluding carboxylic acids is 2. The Morgan fingerprint density at radius 2 is 1.97 bits per heavy atom. The van der Waals surface area contributed by atoms with Gasteiger partial charge in [0.1, 0.15) is 5.69 Å². The summed E-state index contributed by atoms with van der Waals surface area (Å²) in [6, 6.07) is 11.1. The molecule has 4 nitrogen and oxygen atoms in total. The van der Waals surface area contributed by atoms with Crippen LogP contribution in [-0.2, 0) is 6.54 Å². The highest BCUT2D eigenvalue weighted by Gasteiger charge is 2.16. The fraction of sp³-hybridized carbons (Fsp3) is 0.179. The van der Waals surface area contributed by atoms with Gasteiger partial charge in [0.05, 0.1) is 12.2 Å². The molecule has 0 radical (unpaired) electrons. The van der Waals surface area contributed by atoms with E-state index < -0.39 is 0 Å². The molecule has 0 spiro atoms. The summed E-state index contributed by atoms with van der Waals surface area (Å²) < 4.78 is 0. The first-order chi connectivity index (χ1) is 15.4. The summed E-state index contributed by atoms with van der Waals surface area (Å²) in [5, 5.41) is 0. The summed E-state index contributed by atoms with van der Waals surface area (Å²) in [5.74, 6) is -0.0864. The Morgan fingerprint density at radius 1 is 1.16 bits per heavy atom. The maximum atomic E-state index is 13.3. The lowest BCUT2D eigenvalue weighted by Crippen LogP contribution is -2.20. The van der Waals surface area contributed by atoms with E-state index in [1.54, 1.807) is 12.1 Å². The number of nitrogens with zero attached hydrogens (tertiary/aromatic N) is 2. The molecule has 4 heteroatoms. The molecule has 2 aromatic rings. The standard InChI is InChI=1S/C28H28N2O2/c1-5-23(28(32)24-15-14-20(2)22(4)16-24)17-30(27-13-8-6-7-10-21(27)3)18-25-11-9-12-26(19-31)29-25/h5-7,9-17,19H,1,8,18H2,2-4H3/b23-17+. The lowest BCUT2D eigenvalue weighted by Gasteiger charge is -2.25. The molecular weight excluding hydrogens is 396 g/mol. The number of carbonyl (C=O) groups is 2. The summed E-state index contributed by atoms with van der Waals surface area (Å²) in [6.45, 7) is 10.4. The van der Waals surface area contributed by atoms with Crippen molar-refractivity contribution < 1.29 is 9.59 Å². The molecule has 3 rings (SSSR count). The molecule has 1 aromatic heterocycles. The van der Waals surface area contributed by atoms with Gasteiger partial charge in [0.15, 0.2) is 12.1 Å². The molecule has 1 aliphatic carbocycles. The third-order valence-electron chi connectivity index (χ3n) is 5.47. The van der Waals surface area contributed by atoms with E-state index in [9.17, 15) is 9.59 Å². The van der Waals surface area contributed by atoms with Crippen molar-refractivity contribution in [2.24, 2.45) is 0 Å². The minimum Gasteiger partial charge on any atom is -0.341 e. The van der Waals surface area contributed by atoms with Gasteiger partial charge in [-0.15, -0.1) is 0 Å². The van der Waals surface area contributed by atoms with E-state index in [1.165, 1.54) is 0 Å². The number of ketones is 1. The molecule has 1 aromatic carbocycles. The largest absolute Gasteiger partial charge is 0.341 e. The Bertz CT molecular complexity index is 1170. The van der Waals surface area contributed by atoms with Crippen molar-refractivity contribution in [2.45, 2.75) is 33.7 Å². The number of Topliss-reactive ketones (excluding diaryl/α,β-unsaturated/α-hetero) is 1. The molecule has 0 unspecified atom stereocenters. The number of benzene rings is 1. The maximum Gasteiger partial charge on any atom is 0.194 e. The zero-order valence-corrected chi connectivity index (χ0v) is 18.8. The van der Waals surface area contributed by atoms with Gasteiger partial charge in [-0.25, -0.2) is 4.98 Å². The van der Waals surface area contributed by atoms with Crippen LogP contribution in [0, 0.1) is 13.8 Å². The number of aryl methyl sites for hydroxylation is 2. The third kappa shape index (κ3) is 5.46. The van der Waals surface area contributed by atoms with E-state index in [0.717, 1.165) is 40.8 Å². The quantitative estimate of drug-likeness (QED) is 0.224. The van der Waals surface area contributed by atoms with Crippen molar-refractivity contribution in [3.63, 3.8) is 0 Å². The Hall–Kier alpha value is -3.79. The molecule has 0 aliphatic heterocycles. The monoisotopic (exact) mass is 424 g/mol. The van der Waals surface area contributed by atoms with Crippen molar-refractivity contribution >= 4 is 12.1 Å². The number of aldehydes is 1. The van der Waals surface area contributed by atoms with E-state index in [4.69, 9.17) is 0 Å². The molecule has 1 heterocycles. The predicted molar refractivity (Wildman–Crippen MR) is 129 cm³/mol. The molecule has 32 heavy (non-hydrogen) atoms. The van der Waals surface area contributed by atoms with Crippen molar-refractivity contribution in [3.05, 3.63) is 124 Å². The van der Waals surface area contributed by atoms with Crippen LogP contribution in [0.3, 0.4) is 0 Å². The SMILES string of the molecule is C=C/C(=C\N(Cc1cccc(C=O)n1)C1=CCC=CC=C1C)C(=O)c1ccc(C)c(C)c1. The predicted octanol–water partition coefficient (Wildman–Crippen LogP) is 6.06. The van der Waals surface area contributed by atoms with Gasteiger partial charge < -0.3 is 4.90 Å². The number of allylic oxidation sites excluding steroid dienone is 7. The zero-order chi connectivity index (χ0) is 23.1. The average molecular weight is 425 g/mol. The van der Waals surface area contributed by atoms with Crippen LogP contribution in [0.25, 0.3) is 0 Å². The van der Waals surface area contributed by atoms with E-state index in [0.29, 0.717) is 23.4 Å². The topological polar surface area (TPSA) is 50.3 Å². The Morgan fingerprint density at radius 3 is 2.69 bits per heavy atom. The van der Waals surface area contributed by atoms with Crippen molar-refractivity contribution in [2.75, 3.05) is 0 Å². The minimum atomic E-state index is -0.0864. The lowest BCUT2D eigenvalue weighted by molar-refractivity contribution is 0.103. The third-order valence-corrected chi connectivity index (χ3v) is 5.47. The minimum absolute atomic E-state index is 0.0864. The fourth-order valence-electron chi connectivity index (χ4n) is 3.51. The second-order valence-corrected chi connectivity index (χ2v) is 7.82. The summed E-state index contributed by atoms with van der Waals surface area (Å²) in [5.41, 5.74) is 6.51. The highest BCUT2D eigenvalue weighted by Crippen LogP contribution is 2.24. The van der Waals surface area contributed by atoms with E-state index in [-0.39, 0.29) is 5.78 Å². The summed E-state index contributed by atoms with van der Waals surface area (Å²) >= 11 is 0. The first-order valence-corrected chi connectivity index (χ1v) is 10.6. The second kappa shape index (κ2) is 10.5. The molecule has 0 amide bonds. The molecule has 0 N–H and O–H groups in total. The summed E-state index contributed by atoms with van der Waals surface area (Å²) in [7, 11) is 0. The van der Waals surface area contributed by atoms with Gasteiger partial charge in [0, 0.05) is 23.0 Å². The van der Waals surface area contributed by atoms with E-state index >= 15 is 0 Å². The molecule has 0 atom stereocenters. The number of hydrogen-bond donors (Lipinski definition) is 0. The number of aromatic nitrogens is 1. The number of rotatable bonds is 8. The number of pyridine rings is 1. The number of hydrogen-bond acceptors (Lipinski definition) is 4. The van der Waals surface area contributed by atoms with Crippen molar-refractivity contribution in [1.29, 1.82) is 0 Å². The van der Waals surface area contributed by atoms with E-state index in [2.05, 4.69) is 23.7 Å². The van der Waals surface area contributed by atoms with Crippen molar-refractivity contribution in [1.82, 2.24) is 9.88 Å². The van der Waals surface area contributed by atoms with Crippen LogP contribution in [0.15, 0.2) is 96.4 Å². The van der Waals surface area contributed by atoms with Crippen LogP contribution in [0.2, 0.25) is 0 Å². The van der Waals surface area contributed by atoms with Crippen LogP contribution in [0.1, 0.15) is 51.0 Å². The second-order valence-electron chi connectivity index (χ2n) is 7.82. The molecule has 0 saturated carbocycles. The van der Waals surface area contributed by atoms with E-state index in [1.807, 2.05) is 74.4 Å². The first-order valence-electron chi connectivity index (χ1n) is 10.6. The maximum absolute atomic E-state index is 13.3. The highest BCUT2D eigenvalue weighted by molar-refractivity contribution is 6.10. The Kier molecular flexibility index (Phi) is 7.50. The van der Waals surface area contributed by atoms with Gasteiger partial charge in [-0.05, 0) is 62.1 Å². The van der Waals surface area contributed by atoms with Gasteiger partial charge >= 0.3 is 0 Å². The molecule has 0 bridgehead atoms. The van der Waals surface area contributed by atoms with Gasteiger partial charge in [-0.3, -0.25) is 9.59 Å². The zero-order valence-electron chi connectivity index (χ0n) is 18.8. The first kappa shape index (κ1) is 22.9. The molecule has 1 aliphatic rings. The van der Waals surface area contributed by atoms with Crippen LogP contribution in [-0.4, -0.2) is 22.0 Å². The molecule has 162 valence electrons. The van der Waals surface area contributed by atoms with Gasteiger partial charge in [0.25, 0.3) is 0 Å². The summed E-state index contributed by atoms with van der Waals surface area (Å²) in [4.78, 5) is 30.9. The normalized spacial score (nSPS) is 13.7. The smallest absolute Gasteiger partial charge is 0.194 e. The van der Waals surface area contributed by atoms with Crippen LogP contribution in [0.4, 0.5) is 0 Å². The summed E-state index contributed by atoms with van der Waals surface area (Å²) in [6.07, 6.45) is 13.2. The highest BCUT2D eigenvalue weighted by atomic mass is 16.1. The van der Waals surface area contributed by atoms with Crippen LogP contribution in [0.5, 0.6) is 0 Å². The van der Waals surface area contributed by atoms with Crippen LogP contribution < -0.4 is 0 Å². The average Bonchev–Trinajstić information content (AvgIpc) is 3.02. The Labute approximate surface area is 190 Å². The molecular formula is C28H28N2O2. The van der Waals surface area contributed by atoms with Gasteiger partial charge in [0.2, 0.25) is 0 Å². The van der Waals surface area contributed by atoms with Crippen LogP contribution >= 0.6 is 0 Å².